The molecule has 0 spiro atoms. The topological polar surface area (TPSA) is 28.1 Å². The third-order valence-corrected chi connectivity index (χ3v) is 1.03. The number of aromatic amines is 1. The maximum absolute atomic E-state index is 4.99. The van der Waals surface area contributed by atoms with E-state index in [1.807, 2.05) is 18.3 Å². The molecule has 1 N–H and O–H groups in total. The van der Waals surface area contributed by atoms with E-state index in [0.29, 0.717) is 6.54 Å². The van der Waals surface area contributed by atoms with Crippen LogP contribution < -0.4 is 0 Å². The zero-order valence-electron chi connectivity index (χ0n) is 5.54. The molecule has 0 bridgehead atoms. The number of rotatable bonds is 2. The van der Waals surface area contributed by atoms with Gasteiger partial charge >= 0.3 is 0 Å². The van der Waals surface area contributed by atoms with Crippen molar-refractivity contribution in [1.29, 1.82) is 0 Å². The Labute approximate surface area is 60.0 Å². The fourth-order valence-corrected chi connectivity index (χ4v) is 0.621. The lowest BCUT2D eigenvalue weighted by atomic mass is 10.5. The van der Waals surface area contributed by atoms with E-state index < -0.39 is 0 Å². The molecular formula is C8H8N2. The molecule has 0 atom stereocenters. The van der Waals surface area contributed by atoms with Gasteiger partial charge in [0.15, 0.2) is 0 Å². The van der Waals surface area contributed by atoms with Crippen LogP contribution in [0.1, 0.15) is 5.69 Å². The largest absolute Gasteiger partial charge is 0.360 e. The summed E-state index contributed by atoms with van der Waals surface area (Å²) in [7, 11) is 0. The Bertz CT molecular complexity index is 239. The van der Waals surface area contributed by atoms with E-state index >= 15 is 0 Å². The lowest BCUT2D eigenvalue weighted by Crippen LogP contribution is -1.80. The van der Waals surface area contributed by atoms with Crippen molar-refractivity contribution in [2.24, 2.45) is 4.99 Å². The van der Waals surface area contributed by atoms with Gasteiger partial charge < -0.3 is 4.98 Å². The highest BCUT2D eigenvalue weighted by atomic mass is 14.7. The van der Waals surface area contributed by atoms with Crippen LogP contribution in [0.2, 0.25) is 0 Å². The maximum atomic E-state index is 4.99. The van der Waals surface area contributed by atoms with Crippen molar-refractivity contribution in [3.05, 3.63) is 24.0 Å². The number of terminal acetylenes is 1. The molecule has 10 heavy (non-hydrogen) atoms. The first-order chi connectivity index (χ1) is 4.93. The van der Waals surface area contributed by atoms with Crippen LogP contribution in [0.5, 0.6) is 0 Å². The van der Waals surface area contributed by atoms with Gasteiger partial charge in [-0.05, 0) is 12.1 Å². The molecule has 0 radical (unpaired) electrons. The number of hydrogen-bond donors (Lipinski definition) is 1. The number of nitrogens with one attached hydrogen (secondary N) is 1. The average Bonchev–Trinajstić information content (AvgIpc) is 2.41. The first kappa shape index (κ1) is 6.63. The van der Waals surface area contributed by atoms with Gasteiger partial charge in [-0.1, -0.05) is 5.92 Å². The van der Waals surface area contributed by atoms with Crippen molar-refractivity contribution in [1.82, 2.24) is 4.98 Å². The third-order valence-electron chi connectivity index (χ3n) is 1.03. The minimum atomic E-state index is 0.443. The van der Waals surface area contributed by atoms with Gasteiger partial charge in [0.1, 0.15) is 0 Å². The molecule has 0 saturated carbocycles. The molecule has 0 aliphatic heterocycles. The number of nitrogens with zero attached hydrogens (tertiary/aromatic N) is 1. The molecule has 2 nitrogen and oxygen atoms in total. The van der Waals surface area contributed by atoms with Gasteiger partial charge in [0, 0.05) is 12.4 Å². The Hall–Kier alpha value is -1.49. The summed E-state index contributed by atoms with van der Waals surface area (Å²) in [5.41, 5.74) is 0.982. The monoisotopic (exact) mass is 132 g/mol. The summed E-state index contributed by atoms with van der Waals surface area (Å²) < 4.78 is 0. The third kappa shape index (κ3) is 1.79. The number of aliphatic imine (C=N–C) groups is 1. The first-order valence-electron chi connectivity index (χ1n) is 3.00. The standard InChI is InChI=1S/C8H8N2/c1-2-5-9-7-8-4-3-6-10-8/h1,3-4,6-7,10H,5H2. The summed E-state index contributed by atoms with van der Waals surface area (Å²) in [6, 6.07) is 3.84. The fourth-order valence-electron chi connectivity index (χ4n) is 0.621. The molecule has 0 aliphatic rings. The normalized spacial score (nSPS) is 9.90. The molecule has 0 aliphatic carbocycles. The zero-order valence-corrected chi connectivity index (χ0v) is 5.54. The van der Waals surface area contributed by atoms with Crippen LogP contribution in [0, 0.1) is 12.3 Å². The highest BCUT2D eigenvalue weighted by Crippen LogP contribution is 1.88. The van der Waals surface area contributed by atoms with E-state index in [4.69, 9.17) is 6.42 Å². The van der Waals surface area contributed by atoms with E-state index in [0.717, 1.165) is 5.69 Å². The molecule has 50 valence electrons. The van der Waals surface area contributed by atoms with E-state index in [2.05, 4.69) is 15.9 Å². The van der Waals surface area contributed by atoms with Crippen molar-refractivity contribution in [2.75, 3.05) is 6.54 Å². The molecule has 0 fully saturated rings. The van der Waals surface area contributed by atoms with E-state index in [9.17, 15) is 0 Å². The van der Waals surface area contributed by atoms with Crippen molar-refractivity contribution < 1.29 is 0 Å². The van der Waals surface area contributed by atoms with Gasteiger partial charge in [-0.2, -0.15) is 0 Å². The molecule has 0 saturated heterocycles. The zero-order chi connectivity index (χ0) is 7.23. The Kier molecular flexibility index (Phi) is 2.33. The summed E-state index contributed by atoms with van der Waals surface area (Å²) in [5.74, 6) is 2.42. The first-order valence-corrected chi connectivity index (χ1v) is 3.00. The maximum Gasteiger partial charge on any atom is 0.0995 e. The summed E-state index contributed by atoms with van der Waals surface area (Å²) in [5, 5.41) is 0. The molecule has 0 amide bonds. The second kappa shape index (κ2) is 3.52. The average molecular weight is 132 g/mol. The quantitative estimate of drug-likeness (QED) is 0.460. The van der Waals surface area contributed by atoms with Crippen molar-refractivity contribution in [2.45, 2.75) is 0 Å². The Balaban J connectivity index is 2.49. The van der Waals surface area contributed by atoms with Gasteiger partial charge in [0.2, 0.25) is 0 Å². The van der Waals surface area contributed by atoms with Gasteiger partial charge in [-0.25, -0.2) is 0 Å². The molecule has 0 unspecified atom stereocenters. The number of aromatic nitrogens is 1. The van der Waals surface area contributed by atoms with Crippen LogP contribution >= 0.6 is 0 Å². The highest BCUT2D eigenvalue weighted by Gasteiger charge is 1.81. The molecule has 1 heterocycles. The van der Waals surface area contributed by atoms with Crippen LogP contribution in [0.15, 0.2) is 23.3 Å². The lowest BCUT2D eigenvalue weighted by molar-refractivity contribution is 1.28. The highest BCUT2D eigenvalue weighted by molar-refractivity contribution is 5.76. The molecule has 1 aromatic heterocycles. The predicted octanol–water partition coefficient (Wildman–Crippen LogP) is 1.07. The van der Waals surface area contributed by atoms with Crippen molar-refractivity contribution in [3.63, 3.8) is 0 Å². The van der Waals surface area contributed by atoms with E-state index in [1.54, 1.807) is 6.21 Å². The van der Waals surface area contributed by atoms with Gasteiger partial charge in [0.05, 0.1) is 12.2 Å². The molecule has 1 rings (SSSR count). The number of H-pyrrole nitrogens is 1. The van der Waals surface area contributed by atoms with E-state index in [1.165, 1.54) is 0 Å². The summed E-state index contributed by atoms with van der Waals surface area (Å²) in [6.45, 7) is 0.443. The van der Waals surface area contributed by atoms with Gasteiger partial charge in [0.25, 0.3) is 0 Å². The lowest BCUT2D eigenvalue weighted by Gasteiger charge is -1.81. The van der Waals surface area contributed by atoms with Crippen molar-refractivity contribution >= 4 is 6.21 Å². The van der Waals surface area contributed by atoms with Crippen LogP contribution in [0.4, 0.5) is 0 Å². The molecule has 1 aromatic rings. The second-order valence-corrected chi connectivity index (χ2v) is 1.80. The Morgan fingerprint density at radius 1 is 1.80 bits per heavy atom. The van der Waals surface area contributed by atoms with Gasteiger partial charge in [-0.3, -0.25) is 4.99 Å². The van der Waals surface area contributed by atoms with Crippen LogP contribution in [-0.2, 0) is 0 Å². The van der Waals surface area contributed by atoms with Crippen LogP contribution in [-0.4, -0.2) is 17.7 Å². The Morgan fingerprint density at radius 3 is 3.30 bits per heavy atom. The number of hydrogen-bond acceptors (Lipinski definition) is 1. The molecule has 2 heteroatoms. The Morgan fingerprint density at radius 2 is 2.70 bits per heavy atom. The molecular weight excluding hydrogens is 124 g/mol. The van der Waals surface area contributed by atoms with E-state index in [-0.39, 0.29) is 0 Å². The van der Waals surface area contributed by atoms with Crippen LogP contribution in [0.3, 0.4) is 0 Å². The SMILES string of the molecule is C#CCN=Cc1ccc[nH]1. The summed E-state index contributed by atoms with van der Waals surface area (Å²) >= 11 is 0. The van der Waals surface area contributed by atoms with Crippen LogP contribution in [0.25, 0.3) is 0 Å². The predicted molar refractivity (Wildman–Crippen MR) is 42.1 cm³/mol. The second-order valence-electron chi connectivity index (χ2n) is 1.80. The fraction of sp³-hybridized carbons (Fsp3) is 0.125. The molecule has 0 aromatic carbocycles. The minimum absolute atomic E-state index is 0.443. The summed E-state index contributed by atoms with van der Waals surface area (Å²) in [4.78, 5) is 6.92. The summed E-state index contributed by atoms with van der Waals surface area (Å²) in [6.07, 6.45) is 8.56. The smallest absolute Gasteiger partial charge is 0.0995 e. The van der Waals surface area contributed by atoms with Gasteiger partial charge in [-0.15, -0.1) is 6.42 Å². The van der Waals surface area contributed by atoms with Crippen molar-refractivity contribution in [3.8, 4) is 12.3 Å². The minimum Gasteiger partial charge on any atom is -0.360 e.